The van der Waals surface area contributed by atoms with Crippen molar-refractivity contribution in [3.63, 3.8) is 0 Å². The second kappa shape index (κ2) is 16.4. The van der Waals surface area contributed by atoms with Crippen LogP contribution in [0.15, 0.2) is 133 Å². The molecule has 0 aliphatic heterocycles. The minimum atomic E-state index is -4.34. The largest absolute Gasteiger partial charge is 0.507 e. The van der Waals surface area contributed by atoms with Crippen LogP contribution in [0.5, 0.6) is 5.75 Å². The Morgan fingerprint density at radius 2 is 1.39 bits per heavy atom. The van der Waals surface area contributed by atoms with Gasteiger partial charge in [-0.15, -0.1) is 29.3 Å². The van der Waals surface area contributed by atoms with Crippen LogP contribution in [0.3, 0.4) is 0 Å². The van der Waals surface area contributed by atoms with Gasteiger partial charge in [-0.3, -0.25) is 9.55 Å². The number of fused-ring (bicyclic) bond motifs is 1. The number of benzene rings is 6. The van der Waals surface area contributed by atoms with Crippen LogP contribution in [0.4, 0.5) is 0 Å². The monoisotopic (exact) mass is 1010 g/mol. The molecule has 8 rings (SSSR count). The van der Waals surface area contributed by atoms with Crippen LogP contribution in [0, 0.1) is 19.8 Å². The standard InChI is InChI=1S/C56H56N3O.Pt/c1-35-20-22-38(23-21-35)40-26-27-57-48(32-40)42-29-41(30-43(31-42)54(3,4)5)45-18-15-19-50-51(45)58-53(46-33-44(55(6,7)8)34-47(52(46)60)56(9,10)11)59(50)49-25-24-39(28-36(49)2)37-16-13-12-14-17-37;/h12-28,30-34,60H,1-11H3;/q-1;/i1D3,2D3,6D3,7D3,8D3,9D3,10D3,11D3,20D,21D,22D,23D,26D,27D,32D;. The van der Waals surface area contributed by atoms with E-state index in [-0.39, 0.29) is 60.5 Å². The summed E-state index contributed by atoms with van der Waals surface area (Å²) in [5.74, 6) is -2.45. The van der Waals surface area contributed by atoms with Gasteiger partial charge in [0.2, 0.25) is 0 Å². The molecule has 5 heteroatoms. The van der Waals surface area contributed by atoms with Crippen LogP contribution < -0.4 is 0 Å². The third-order valence-corrected chi connectivity index (χ3v) is 9.96. The maximum atomic E-state index is 13.0. The average Bonchev–Trinajstić information content (AvgIpc) is 0.800. The SMILES string of the molecule is [2H]c1nc(-c2[c-]c(-c3cccc4c3nc(-c3cc(C(C([2H])([2H])[2H])(C([2H])([2H])[2H])C([2H])([2H])[2H])cc(C(C([2H])([2H])[2H])(C([2H])([2H])[2H])C([2H])([2H])[2H])c3O)n4-c3ccc(-c4ccccc4)cc3C([2H])([2H])[2H])cc(C(C)(C)C)c2)c([2H])c(-c2c([2H])c([2H])c(C([2H])([2H])[2H])c([2H])c2[2H])c1[2H].[Pt]. The molecule has 2 heterocycles. The van der Waals surface area contributed by atoms with Crippen molar-refractivity contribution in [2.75, 3.05) is 0 Å². The zero-order chi connectivity index (χ0) is 68.8. The summed E-state index contributed by atoms with van der Waals surface area (Å²) in [6.07, 6.45) is -0.844. The molecule has 0 radical (unpaired) electrons. The Bertz CT molecular complexity index is 4100. The molecule has 1 N–H and O–H groups in total. The van der Waals surface area contributed by atoms with Crippen LogP contribution >= 0.6 is 0 Å². The molecule has 0 fully saturated rings. The van der Waals surface area contributed by atoms with Gasteiger partial charge in [-0.05, 0) is 93.6 Å². The van der Waals surface area contributed by atoms with Crippen molar-refractivity contribution in [1.29, 1.82) is 0 Å². The van der Waals surface area contributed by atoms with E-state index >= 15 is 0 Å². The number of aryl methyl sites for hydroxylation is 1. The van der Waals surface area contributed by atoms with Crippen molar-refractivity contribution in [2.45, 2.75) is 91.8 Å². The number of nitrogens with zero attached hydrogens (tertiary/aromatic N) is 3. The smallest absolute Gasteiger partial charge is 0.148 e. The van der Waals surface area contributed by atoms with Crippen LogP contribution in [-0.2, 0) is 37.3 Å². The van der Waals surface area contributed by atoms with Crippen molar-refractivity contribution in [3.05, 3.63) is 167 Å². The Morgan fingerprint density at radius 1 is 0.656 bits per heavy atom. The van der Waals surface area contributed by atoms with Gasteiger partial charge in [0, 0.05) is 71.4 Å². The molecule has 8 aromatic rings. The molecule has 0 unspecified atom stereocenters. The van der Waals surface area contributed by atoms with E-state index in [0.29, 0.717) is 22.8 Å². The van der Waals surface area contributed by atoms with Gasteiger partial charge in [0.25, 0.3) is 0 Å². The Morgan fingerprint density at radius 3 is 2.10 bits per heavy atom. The van der Waals surface area contributed by atoms with E-state index < -0.39 is 170 Å². The molecule has 61 heavy (non-hydrogen) atoms. The maximum absolute atomic E-state index is 13.0. The summed E-state index contributed by atoms with van der Waals surface area (Å²) < 4.78 is 271. The van der Waals surface area contributed by atoms with Gasteiger partial charge < -0.3 is 5.11 Å². The van der Waals surface area contributed by atoms with E-state index in [9.17, 15) is 6.48 Å². The van der Waals surface area contributed by atoms with Gasteiger partial charge in [-0.2, -0.15) is 0 Å². The predicted octanol–water partition coefficient (Wildman–Crippen LogP) is 14.8. The second-order valence-corrected chi connectivity index (χ2v) is 15.4. The molecule has 4 nitrogen and oxygen atoms in total. The van der Waals surface area contributed by atoms with Gasteiger partial charge >= 0.3 is 0 Å². The van der Waals surface area contributed by atoms with Crippen molar-refractivity contribution in [2.24, 2.45) is 0 Å². The molecular formula is C56H56N3OPt-. The van der Waals surface area contributed by atoms with E-state index in [1.165, 1.54) is 42.5 Å². The molecule has 0 saturated carbocycles. The fraction of sp³-hybridized carbons (Fsp3) is 0.250. The minimum Gasteiger partial charge on any atom is -0.507 e. The molecule has 0 bridgehead atoms. The van der Waals surface area contributed by atoms with Gasteiger partial charge in [0.1, 0.15) is 11.6 Å². The fourth-order valence-corrected chi connectivity index (χ4v) is 6.87. The van der Waals surface area contributed by atoms with Crippen LogP contribution in [0.1, 0.15) is 132 Å². The summed E-state index contributed by atoms with van der Waals surface area (Å²) in [6.45, 7) is -26.5. The van der Waals surface area contributed by atoms with Gasteiger partial charge in [-0.25, -0.2) is 4.98 Å². The Balaban J connectivity index is 0.0000120. The normalized spacial score (nSPS) is 21.2. The summed E-state index contributed by atoms with van der Waals surface area (Å²) >= 11 is 0. The minimum absolute atomic E-state index is 0. The molecular weight excluding hydrogens is 926 g/mol. The first-order valence-electron chi connectivity index (χ1n) is 34.0. The van der Waals surface area contributed by atoms with Crippen molar-refractivity contribution < 1.29 is 68.7 Å². The molecule has 0 aliphatic carbocycles. The molecule has 0 aliphatic rings. The number of aromatic nitrogens is 3. The van der Waals surface area contributed by atoms with Crippen LogP contribution in [0.2, 0.25) is 0 Å². The fourth-order valence-electron chi connectivity index (χ4n) is 6.87. The summed E-state index contributed by atoms with van der Waals surface area (Å²) in [5.41, 5.74) is -16.6. The molecule has 0 amide bonds. The summed E-state index contributed by atoms with van der Waals surface area (Å²) in [5, 5.41) is 13.0. The van der Waals surface area contributed by atoms with E-state index in [0.717, 1.165) is 4.57 Å². The van der Waals surface area contributed by atoms with Crippen LogP contribution in [0.25, 0.3) is 72.7 Å². The predicted molar refractivity (Wildman–Crippen MR) is 252 cm³/mol. The van der Waals surface area contributed by atoms with Crippen molar-refractivity contribution >= 4 is 11.0 Å². The van der Waals surface area contributed by atoms with E-state index in [1.54, 1.807) is 57.2 Å². The first kappa shape index (κ1) is 19.2. The molecule has 2 aromatic heterocycles. The summed E-state index contributed by atoms with van der Waals surface area (Å²) in [7, 11) is 0. The number of hydrogen-bond donors (Lipinski definition) is 1. The quantitative estimate of drug-likeness (QED) is 0.169. The molecule has 0 atom stereocenters. The zero-order valence-electron chi connectivity index (χ0n) is 63.8. The number of imidazole rings is 1. The van der Waals surface area contributed by atoms with E-state index in [2.05, 4.69) is 11.1 Å². The molecule has 312 valence electrons. The van der Waals surface area contributed by atoms with Gasteiger partial charge in [0.05, 0.1) is 31.9 Å². The summed E-state index contributed by atoms with van der Waals surface area (Å²) in [4.78, 5) is 9.15. The van der Waals surface area contributed by atoms with E-state index in [4.69, 9.17) is 46.1 Å². The number of para-hydroxylation sites is 1. The van der Waals surface area contributed by atoms with Crippen molar-refractivity contribution in [3.8, 4) is 67.5 Å². The zero-order valence-corrected chi connectivity index (χ0v) is 35.0. The number of rotatable bonds is 6. The first-order valence-corrected chi connectivity index (χ1v) is 18.5. The van der Waals surface area contributed by atoms with Crippen molar-refractivity contribution in [1.82, 2.24) is 14.5 Å². The number of aromatic hydroxyl groups is 1. The first-order chi connectivity index (χ1) is 41.2. The Kier molecular flexibility index (Phi) is 5.16. The molecule has 0 saturated heterocycles. The number of phenolic OH excluding ortho intramolecular Hbond substituents is 1. The number of phenols is 1. The third kappa shape index (κ3) is 8.66. The number of hydrogen-bond acceptors (Lipinski definition) is 3. The number of pyridine rings is 1. The molecule has 0 spiro atoms. The third-order valence-electron chi connectivity index (χ3n) is 9.96. The van der Waals surface area contributed by atoms with Gasteiger partial charge in [0.15, 0.2) is 0 Å². The Hall–Kier alpha value is -5.57. The van der Waals surface area contributed by atoms with E-state index in [1.807, 2.05) is 0 Å². The average molecular weight is 1010 g/mol. The topological polar surface area (TPSA) is 50.9 Å². The maximum Gasteiger partial charge on any atom is 0.148 e. The summed E-state index contributed by atoms with van der Waals surface area (Å²) in [6, 6.07) is 17.9. The van der Waals surface area contributed by atoms with Crippen LogP contribution in [-0.4, -0.2) is 19.6 Å². The van der Waals surface area contributed by atoms with Gasteiger partial charge in [-0.1, -0.05) is 163 Å². The second-order valence-electron chi connectivity index (χ2n) is 15.4. The Labute approximate surface area is 420 Å². The molecule has 6 aromatic carbocycles.